The fraction of sp³-hybridized carbons (Fsp3) is 0.769. The highest BCUT2D eigenvalue weighted by atomic mass is 32.2. The SMILES string of the molecule is C=CCCCC(=O)CSC1CCCCC1. The van der Waals surface area contributed by atoms with Crippen LogP contribution in [0.4, 0.5) is 0 Å². The fourth-order valence-electron chi connectivity index (χ4n) is 1.96. The van der Waals surface area contributed by atoms with Crippen LogP contribution < -0.4 is 0 Å². The second-order valence-corrected chi connectivity index (χ2v) is 5.58. The van der Waals surface area contributed by atoms with Gasteiger partial charge in [0.05, 0.1) is 5.75 Å². The first kappa shape index (κ1) is 12.8. The lowest BCUT2D eigenvalue weighted by Gasteiger charge is -2.20. The van der Waals surface area contributed by atoms with Gasteiger partial charge in [-0.05, 0) is 25.7 Å². The Bertz CT molecular complexity index is 195. The van der Waals surface area contributed by atoms with Crippen molar-refractivity contribution >= 4 is 17.5 Å². The smallest absolute Gasteiger partial charge is 0.142 e. The van der Waals surface area contributed by atoms with E-state index in [1.165, 1.54) is 32.1 Å². The standard InChI is InChI=1S/C13H22OS/c1-2-3-5-8-12(14)11-15-13-9-6-4-7-10-13/h2,13H,1,3-11H2. The Kier molecular flexibility index (Phi) is 6.82. The molecule has 0 amide bonds. The van der Waals surface area contributed by atoms with Gasteiger partial charge in [0.25, 0.3) is 0 Å². The average molecular weight is 226 g/mol. The number of ketones is 1. The summed E-state index contributed by atoms with van der Waals surface area (Å²) in [4.78, 5) is 11.5. The van der Waals surface area contributed by atoms with Crippen LogP contribution in [0.2, 0.25) is 0 Å². The van der Waals surface area contributed by atoms with Crippen molar-refractivity contribution < 1.29 is 4.79 Å². The van der Waals surface area contributed by atoms with E-state index in [0.29, 0.717) is 5.78 Å². The van der Waals surface area contributed by atoms with E-state index in [0.717, 1.165) is 30.3 Å². The number of Topliss-reactive ketones (excluding diaryl/α,β-unsaturated/α-hetero) is 1. The number of allylic oxidation sites excluding steroid dienone is 1. The molecule has 0 atom stereocenters. The van der Waals surface area contributed by atoms with Crippen molar-refractivity contribution in [3.8, 4) is 0 Å². The van der Waals surface area contributed by atoms with Gasteiger partial charge >= 0.3 is 0 Å². The van der Waals surface area contributed by atoms with Crippen LogP contribution in [-0.4, -0.2) is 16.8 Å². The molecular formula is C13H22OS. The highest BCUT2D eigenvalue weighted by Crippen LogP contribution is 2.28. The Balaban J connectivity index is 2.02. The summed E-state index contributed by atoms with van der Waals surface area (Å²) in [7, 11) is 0. The lowest BCUT2D eigenvalue weighted by Crippen LogP contribution is -2.11. The van der Waals surface area contributed by atoms with Crippen molar-refractivity contribution in [1.29, 1.82) is 0 Å². The first-order valence-electron chi connectivity index (χ1n) is 6.07. The average Bonchev–Trinajstić information content (AvgIpc) is 2.28. The van der Waals surface area contributed by atoms with E-state index in [4.69, 9.17) is 0 Å². The number of hydrogen-bond acceptors (Lipinski definition) is 2. The summed E-state index contributed by atoms with van der Waals surface area (Å²) in [5.41, 5.74) is 0. The summed E-state index contributed by atoms with van der Waals surface area (Å²) in [6.07, 6.45) is 11.4. The Morgan fingerprint density at radius 2 is 2.07 bits per heavy atom. The van der Waals surface area contributed by atoms with E-state index in [-0.39, 0.29) is 0 Å². The molecule has 0 spiro atoms. The molecule has 0 N–H and O–H groups in total. The molecular weight excluding hydrogens is 204 g/mol. The summed E-state index contributed by atoms with van der Waals surface area (Å²) in [5.74, 6) is 1.16. The molecule has 1 aliphatic rings. The maximum absolute atomic E-state index is 11.5. The van der Waals surface area contributed by atoms with Crippen LogP contribution >= 0.6 is 11.8 Å². The van der Waals surface area contributed by atoms with Crippen molar-refractivity contribution in [3.05, 3.63) is 12.7 Å². The predicted molar refractivity (Wildman–Crippen MR) is 68.4 cm³/mol. The minimum Gasteiger partial charge on any atom is -0.299 e. The third-order valence-electron chi connectivity index (χ3n) is 2.90. The van der Waals surface area contributed by atoms with Gasteiger partial charge in [-0.2, -0.15) is 11.8 Å². The van der Waals surface area contributed by atoms with Crippen LogP contribution in [0.5, 0.6) is 0 Å². The second-order valence-electron chi connectivity index (χ2n) is 4.29. The van der Waals surface area contributed by atoms with E-state index in [2.05, 4.69) is 6.58 Å². The molecule has 0 aromatic carbocycles. The Hall–Kier alpha value is -0.240. The molecule has 0 aromatic rings. The largest absolute Gasteiger partial charge is 0.299 e. The Labute approximate surface area is 97.7 Å². The molecule has 1 aliphatic carbocycles. The number of unbranched alkanes of at least 4 members (excludes halogenated alkanes) is 1. The van der Waals surface area contributed by atoms with Crippen molar-refractivity contribution in [3.63, 3.8) is 0 Å². The van der Waals surface area contributed by atoms with Crippen molar-refractivity contribution in [2.24, 2.45) is 0 Å². The summed E-state index contributed by atoms with van der Waals surface area (Å²) >= 11 is 1.89. The van der Waals surface area contributed by atoms with E-state index in [1.807, 2.05) is 17.8 Å². The summed E-state index contributed by atoms with van der Waals surface area (Å²) in [6, 6.07) is 0. The lowest BCUT2D eigenvalue weighted by atomic mass is 10.0. The van der Waals surface area contributed by atoms with E-state index < -0.39 is 0 Å². The maximum Gasteiger partial charge on any atom is 0.142 e. The predicted octanol–water partition coefficient (Wildman–Crippen LogP) is 3.98. The molecule has 0 heterocycles. The molecule has 0 saturated heterocycles. The van der Waals surface area contributed by atoms with Crippen LogP contribution in [0.15, 0.2) is 12.7 Å². The van der Waals surface area contributed by atoms with Crippen molar-refractivity contribution in [2.75, 3.05) is 5.75 Å². The van der Waals surface area contributed by atoms with Crippen LogP contribution in [0.25, 0.3) is 0 Å². The summed E-state index contributed by atoms with van der Waals surface area (Å²) < 4.78 is 0. The number of rotatable bonds is 7. The highest BCUT2D eigenvalue weighted by molar-refractivity contribution is 8.00. The molecule has 1 saturated carbocycles. The van der Waals surface area contributed by atoms with Gasteiger partial charge in [-0.15, -0.1) is 6.58 Å². The molecule has 2 heteroatoms. The van der Waals surface area contributed by atoms with Crippen LogP contribution in [-0.2, 0) is 4.79 Å². The maximum atomic E-state index is 11.5. The highest BCUT2D eigenvalue weighted by Gasteiger charge is 2.14. The number of carbonyl (C=O) groups excluding carboxylic acids is 1. The van der Waals surface area contributed by atoms with Gasteiger partial charge in [0, 0.05) is 11.7 Å². The number of carbonyl (C=O) groups is 1. The van der Waals surface area contributed by atoms with Crippen molar-refractivity contribution in [1.82, 2.24) is 0 Å². The topological polar surface area (TPSA) is 17.1 Å². The minimum atomic E-state index is 0.424. The molecule has 0 unspecified atom stereocenters. The molecule has 1 fully saturated rings. The van der Waals surface area contributed by atoms with Gasteiger partial charge in [-0.25, -0.2) is 0 Å². The minimum absolute atomic E-state index is 0.424. The number of hydrogen-bond donors (Lipinski definition) is 0. The van der Waals surface area contributed by atoms with Gasteiger partial charge in [-0.3, -0.25) is 4.79 Å². The summed E-state index contributed by atoms with van der Waals surface area (Å²) in [5, 5.41) is 0.766. The van der Waals surface area contributed by atoms with Crippen LogP contribution in [0, 0.1) is 0 Å². The van der Waals surface area contributed by atoms with E-state index in [9.17, 15) is 4.79 Å². The van der Waals surface area contributed by atoms with Gasteiger partial charge < -0.3 is 0 Å². The van der Waals surface area contributed by atoms with Crippen LogP contribution in [0.1, 0.15) is 51.4 Å². The third-order valence-corrected chi connectivity index (χ3v) is 4.33. The van der Waals surface area contributed by atoms with Crippen molar-refractivity contribution in [2.45, 2.75) is 56.6 Å². The lowest BCUT2D eigenvalue weighted by molar-refractivity contribution is -0.116. The fourth-order valence-corrected chi connectivity index (χ4v) is 3.19. The van der Waals surface area contributed by atoms with E-state index >= 15 is 0 Å². The molecule has 0 radical (unpaired) electrons. The quantitative estimate of drug-likeness (QED) is 0.482. The van der Waals surface area contributed by atoms with Gasteiger partial charge in [0.1, 0.15) is 5.78 Å². The molecule has 0 aromatic heterocycles. The van der Waals surface area contributed by atoms with Gasteiger partial charge in [-0.1, -0.05) is 25.3 Å². The van der Waals surface area contributed by atoms with Gasteiger partial charge in [0.2, 0.25) is 0 Å². The third kappa shape index (κ3) is 6.03. The van der Waals surface area contributed by atoms with E-state index in [1.54, 1.807) is 0 Å². The van der Waals surface area contributed by atoms with Gasteiger partial charge in [0.15, 0.2) is 0 Å². The zero-order valence-corrected chi connectivity index (χ0v) is 10.4. The normalized spacial score (nSPS) is 17.6. The first-order chi connectivity index (χ1) is 7.33. The number of thioether (sulfide) groups is 1. The molecule has 1 nitrogen and oxygen atoms in total. The summed E-state index contributed by atoms with van der Waals surface area (Å²) in [6.45, 7) is 3.66. The van der Waals surface area contributed by atoms with Crippen LogP contribution in [0.3, 0.4) is 0 Å². The monoisotopic (exact) mass is 226 g/mol. The molecule has 86 valence electrons. The zero-order chi connectivity index (χ0) is 10.9. The second kappa shape index (κ2) is 7.98. The molecule has 0 bridgehead atoms. The Morgan fingerprint density at radius 1 is 1.33 bits per heavy atom. The molecule has 1 rings (SSSR count). The zero-order valence-electron chi connectivity index (χ0n) is 9.54. The molecule has 15 heavy (non-hydrogen) atoms. The Morgan fingerprint density at radius 3 is 2.73 bits per heavy atom. The first-order valence-corrected chi connectivity index (χ1v) is 7.12. The molecule has 0 aliphatic heterocycles.